The number of amides is 3. The third kappa shape index (κ3) is 4.18. The van der Waals surface area contributed by atoms with Gasteiger partial charge in [-0.15, -0.1) is 0 Å². The van der Waals surface area contributed by atoms with Crippen molar-refractivity contribution in [2.75, 3.05) is 14.1 Å². The van der Waals surface area contributed by atoms with Crippen LogP contribution in [0.3, 0.4) is 0 Å². The van der Waals surface area contributed by atoms with E-state index in [2.05, 4.69) is 10.6 Å². The SMILES string of the molecule is CNC(=O)NC(=O)C(C)N(C)Cc1ccccc1. The normalized spacial score (nSPS) is 12.0. The zero-order chi connectivity index (χ0) is 13.5. The molecule has 1 unspecified atom stereocenters. The number of benzene rings is 1. The molecule has 0 aliphatic carbocycles. The molecule has 1 aromatic rings. The Morgan fingerprint density at radius 3 is 2.44 bits per heavy atom. The van der Waals surface area contributed by atoms with Gasteiger partial charge >= 0.3 is 6.03 Å². The largest absolute Gasteiger partial charge is 0.341 e. The first-order valence-electron chi connectivity index (χ1n) is 5.81. The van der Waals surface area contributed by atoms with Crippen LogP contribution in [-0.4, -0.2) is 37.0 Å². The van der Waals surface area contributed by atoms with Crippen LogP contribution in [0.15, 0.2) is 30.3 Å². The maximum Gasteiger partial charge on any atom is 0.321 e. The van der Waals surface area contributed by atoms with Gasteiger partial charge < -0.3 is 5.32 Å². The number of carbonyl (C=O) groups is 2. The summed E-state index contributed by atoms with van der Waals surface area (Å²) < 4.78 is 0. The van der Waals surface area contributed by atoms with E-state index in [1.807, 2.05) is 42.3 Å². The summed E-state index contributed by atoms with van der Waals surface area (Å²) >= 11 is 0. The fourth-order valence-corrected chi connectivity index (χ4v) is 1.49. The van der Waals surface area contributed by atoms with E-state index in [1.54, 1.807) is 6.92 Å². The van der Waals surface area contributed by atoms with E-state index in [4.69, 9.17) is 0 Å². The summed E-state index contributed by atoms with van der Waals surface area (Å²) in [5.41, 5.74) is 1.12. The predicted octanol–water partition coefficient (Wildman–Crippen LogP) is 0.962. The summed E-state index contributed by atoms with van der Waals surface area (Å²) in [6.07, 6.45) is 0. The molecule has 2 N–H and O–H groups in total. The highest BCUT2D eigenvalue weighted by atomic mass is 16.2. The molecular formula is C13H19N3O2. The molecule has 0 saturated carbocycles. The van der Waals surface area contributed by atoms with Gasteiger partial charge in [0, 0.05) is 13.6 Å². The van der Waals surface area contributed by atoms with Gasteiger partial charge in [-0.2, -0.15) is 0 Å². The molecule has 98 valence electrons. The van der Waals surface area contributed by atoms with Crippen molar-refractivity contribution < 1.29 is 9.59 Å². The van der Waals surface area contributed by atoms with Gasteiger partial charge in [0.25, 0.3) is 0 Å². The number of hydrogen-bond donors (Lipinski definition) is 2. The zero-order valence-corrected chi connectivity index (χ0v) is 10.9. The van der Waals surface area contributed by atoms with Crippen molar-refractivity contribution in [3.8, 4) is 0 Å². The van der Waals surface area contributed by atoms with E-state index >= 15 is 0 Å². The van der Waals surface area contributed by atoms with Crippen LogP contribution in [0.4, 0.5) is 4.79 Å². The summed E-state index contributed by atoms with van der Waals surface area (Å²) in [5.74, 6) is -0.312. The highest BCUT2D eigenvalue weighted by Gasteiger charge is 2.19. The molecule has 0 aromatic heterocycles. The number of urea groups is 1. The van der Waals surface area contributed by atoms with Crippen molar-refractivity contribution in [1.29, 1.82) is 0 Å². The van der Waals surface area contributed by atoms with Crippen LogP contribution in [0.2, 0.25) is 0 Å². The van der Waals surface area contributed by atoms with Gasteiger partial charge in [-0.05, 0) is 19.5 Å². The third-order valence-electron chi connectivity index (χ3n) is 2.78. The van der Waals surface area contributed by atoms with E-state index in [-0.39, 0.29) is 11.9 Å². The summed E-state index contributed by atoms with van der Waals surface area (Å²) in [4.78, 5) is 24.7. The zero-order valence-electron chi connectivity index (χ0n) is 10.9. The van der Waals surface area contributed by atoms with Gasteiger partial charge in [0.15, 0.2) is 0 Å². The number of nitrogens with one attached hydrogen (secondary N) is 2. The van der Waals surface area contributed by atoms with Crippen molar-refractivity contribution in [3.63, 3.8) is 0 Å². The molecule has 0 fully saturated rings. The molecule has 0 aliphatic heterocycles. The van der Waals surface area contributed by atoms with Crippen LogP contribution in [0.5, 0.6) is 0 Å². The molecule has 0 heterocycles. The Balaban J connectivity index is 2.53. The van der Waals surface area contributed by atoms with Gasteiger partial charge in [-0.25, -0.2) is 4.79 Å². The second-order valence-electron chi connectivity index (χ2n) is 4.15. The van der Waals surface area contributed by atoms with Crippen molar-refractivity contribution >= 4 is 11.9 Å². The molecule has 1 atom stereocenters. The number of carbonyl (C=O) groups excluding carboxylic acids is 2. The number of likely N-dealkylation sites (N-methyl/N-ethyl adjacent to an activating group) is 1. The Morgan fingerprint density at radius 2 is 1.89 bits per heavy atom. The lowest BCUT2D eigenvalue weighted by molar-refractivity contribution is -0.124. The fraction of sp³-hybridized carbons (Fsp3) is 0.385. The summed E-state index contributed by atoms with van der Waals surface area (Å²) in [7, 11) is 3.32. The molecule has 0 saturated heterocycles. The maximum atomic E-state index is 11.7. The van der Waals surface area contributed by atoms with Gasteiger partial charge in [0.2, 0.25) is 5.91 Å². The van der Waals surface area contributed by atoms with E-state index in [9.17, 15) is 9.59 Å². The maximum absolute atomic E-state index is 11.7. The first kappa shape index (κ1) is 14.2. The molecule has 18 heavy (non-hydrogen) atoms. The van der Waals surface area contributed by atoms with Crippen LogP contribution in [0.1, 0.15) is 12.5 Å². The lowest BCUT2D eigenvalue weighted by Crippen LogP contribution is -2.47. The Bertz CT molecular complexity index is 406. The van der Waals surface area contributed by atoms with Crippen LogP contribution in [0, 0.1) is 0 Å². The van der Waals surface area contributed by atoms with Crippen LogP contribution in [0.25, 0.3) is 0 Å². The second kappa shape index (κ2) is 6.76. The van der Waals surface area contributed by atoms with E-state index < -0.39 is 6.03 Å². The predicted molar refractivity (Wildman–Crippen MR) is 70.0 cm³/mol. The molecular weight excluding hydrogens is 230 g/mol. The topological polar surface area (TPSA) is 61.4 Å². The first-order chi connectivity index (χ1) is 8.54. The minimum absolute atomic E-state index is 0.312. The summed E-state index contributed by atoms with van der Waals surface area (Å²) in [6, 6.07) is 9.00. The molecule has 5 nitrogen and oxygen atoms in total. The molecule has 1 aromatic carbocycles. The Labute approximate surface area is 107 Å². The van der Waals surface area contributed by atoms with Crippen molar-refractivity contribution in [2.24, 2.45) is 0 Å². The second-order valence-corrected chi connectivity index (χ2v) is 4.15. The van der Waals surface area contributed by atoms with Gasteiger partial charge in [-0.3, -0.25) is 15.0 Å². The monoisotopic (exact) mass is 249 g/mol. The van der Waals surface area contributed by atoms with Gasteiger partial charge in [-0.1, -0.05) is 30.3 Å². The summed E-state index contributed by atoms with van der Waals surface area (Å²) in [6.45, 7) is 2.42. The van der Waals surface area contributed by atoms with Crippen molar-refractivity contribution in [1.82, 2.24) is 15.5 Å². The van der Waals surface area contributed by atoms with Crippen LogP contribution < -0.4 is 10.6 Å². The lowest BCUT2D eigenvalue weighted by atomic mass is 10.2. The minimum atomic E-state index is -0.486. The fourth-order valence-electron chi connectivity index (χ4n) is 1.49. The van der Waals surface area contributed by atoms with E-state index in [1.165, 1.54) is 7.05 Å². The van der Waals surface area contributed by atoms with Gasteiger partial charge in [0.1, 0.15) is 0 Å². The minimum Gasteiger partial charge on any atom is -0.341 e. The van der Waals surface area contributed by atoms with Crippen LogP contribution in [-0.2, 0) is 11.3 Å². The van der Waals surface area contributed by atoms with E-state index in [0.717, 1.165) is 5.56 Å². The number of hydrogen-bond acceptors (Lipinski definition) is 3. The van der Waals surface area contributed by atoms with Crippen molar-refractivity contribution in [3.05, 3.63) is 35.9 Å². The molecule has 1 rings (SSSR count). The van der Waals surface area contributed by atoms with E-state index in [0.29, 0.717) is 6.54 Å². The Hall–Kier alpha value is -1.88. The van der Waals surface area contributed by atoms with Crippen LogP contribution >= 0.6 is 0 Å². The Morgan fingerprint density at radius 1 is 1.28 bits per heavy atom. The molecule has 0 aliphatic rings. The molecule has 0 spiro atoms. The smallest absolute Gasteiger partial charge is 0.321 e. The number of rotatable bonds is 4. The third-order valence-corrected chi connectivity index (χ3v) is 2.78. The molecule has 0 bridgehead atoms. The number of imide groups is 1. The highest BCUT2D eigenvalue weighted by molar-refractivity contribution is 5.96. The number of nitrogens with zero attached hydrogens (tertiary/aromatic N) is 1. The summed E-state index contributed by atoms with van der Waals surface area (Å²) in [5, 5.41) is 4.62. The average Bonchev–Trinajstić information content (AvgIpc) is 2.38. The average molecular weight is 249 g/mol. The molecule has 5 heteroatoms. The first-order valence-corrected chi connectivity index (χ1v) is 5.81. The quantitative estimate of drug-likeness (QED) is 0.835. The van der Waals surface area contributed by atoms with Crippen molar-refractivity contribution in [2.45, 2.75) is 19.5 Å². The Kier molecular flexibility index (Phi) is 5.32. The standard InChI is InChI=1S/C13H19N3O2/c1-10(12(17)15-13(18)14-2)16(3)9-11-7-5-4-6-8-11/h4-8,10H,9H2,1-3H3,(H2,14,15,17,18). The molecule has 3 amide bonds. The lowest BCUT2D eigenvalue weighted by Gasteiger charge is -2.23. The van der Waals surface area contributed by atoms with Gasteiger partial charge in [0.05, 0.1) is 6.04 Å². The highest BCUT2D eigenvalue weighted by Crippen LogP contribution is 2.05. The molecule has 0 radical (unpaired) electrons.